The quantitative estimate of drug-likeness (QED) is 0.155. The van der Waals surface area contributed by atoms with Crippen LogP contribution in [-0.2, 0) is 14.3 Å². The SMILES string of the molecule is CCOC(=O)C1=C(N)n2c(s/c(=C\c3ccc([N+](=O)[O-])cc3)c2=O)=C(C(=O)Nc2ccc(OC)cc2)C1c1ccc([N+](=O)[O-])cc1. The topological polar surface area (TPSA) is 199 Å². The van der Waals surface area contributed by atoms with E-state index in [0.29, 0.717) is 22.6 Å². The number of ether oxygens (including phenoxy) is 2. The number of anilines is 1. The van der Waals surface area contributed by atoms with Crippen LogP contribution in [0.5, 0.6) is 5.75 Å². The molecule has 4 aromatic rings. The first-order valence-corrected chi connectivity index (χ1v) is 14.4. The Labute approximate surface area is 263 Å². The lowest BCUT2D eigenvalue weighted by Gasteiger charge is -2.27. The van der Waals surface area contributed by atoms with Crippen molar-refractivity contribution in [1.29, 1.82) is 0 Å². The minimum atomic E-state index is -1.19. The molecule has 0 saturated carbocycles. The number of hydrogen-bond acceptors (Lipinski definition) is 11. The molecule has 1 aliphatic heterocycles. The third kappa shape index (κ3) is 5.98. The molecular formula is C31H25N5O9S. The number of non-ortho nitro benzene ring substituents is 2. The van der Waals surface area contributed by atoms with Crippen LogP contribution >= 0.6 is 11.3 Å². The van der Waals surface area contributed by atoms with Crippen LogP contribution in [0, 0.1) is 20.2 Å². The van der Waals surface area contributed by atoms with Gasteiger partial charge in [-0.25, -0.2) is 4.79 Å². The summed E-state index contributed by atoms with van der Waals surface area (Å²) >= 11 is 0.926. The second kappa shape index (κ2) is 12.9. The fourth-order valence-corrected chi connectivity index (χ4v) is 6.09. The number of amides is 1. The Bertz CT molecular complexity index is 2080. The second-order valence-electron chi connectivity index (χ2n) is 9.80. The smallest absolute Gasteiger partial charge is 0.338 e. The Balaban J connectivity index is 1.79. The molecule has 0 saturated heterocycles. The van der Waals surface area contributed by atoms with Gasteiger partial charge in [-0.1, -0.05) is 12.1 Å². The van der Waals surface area contributed by atoms with Gasteiger partial charge in [0, 0.05) is 30.0 Å². The standard InChI is InChI=1S/C31H25N5O9S/c1-3-45-31(39)25-24(18-6-12-21(13-7-18)36(42)43)26(28(37)33-19-8-14-22(44-2)15-9-19)30-34(27(25)32)29(38)23(46-30)16-17-4-10-20(11-5-17)35(40)41/h4-16,24H,3,32H2,1-2H3,(H,33,37)/b23-16-. The van der Waals surface area contributed by atoms with Gasteiger partial charge in [-0.05, 0) is 60.5 Å². The van der Waals surface area contributed by atoms with Crippen molar-refractivity contribution < 1.29 is 28.9 Å². The predicted molar refractivity (Wildman–Crippen MR) is 169 cm³/mol. The Morgan fingerprint density at radius 1 is 0.957 bits per heavy atom. The number of thiazole rings is 1. The number of carbonyl (C=O) groups excluding carboxylic acids is 2. The largest absolute Gasteiger partial charge is 0.497 e. The van der Waals surface area contributed by atoms with Crippen LogP contribution in [0.4, 0.5) is 17.1 Å². The number of aromatic nitrogens is 1. The summed E-state index contributed by atoms with van der Waals surface area (Å²) in [5.74, 6) is -2.49. The summed E-state index contributed by atoms with van der Waals surface area (Å²) < 4.78 is 11.8. The summed E-state index contributed by atoms with van der Waals surface area (Å²) in [6.07, 6.45) is 1.49. The summed E-state index contributed by atoms with van der Waals surface area (Å²) in [7, 11) is 1.50. The monoisotopic (exact) mass is 643 g/mol. The highest BCUT2D eigenvalue weighted by Gasteiger charge is 2.39. The van der Waals surface area contributed by atoms with Crippen molar-refractivity contribution in [2.45, 2.75) is 12.8 Å². The van der Waals surface area contributed by atoms with Gasteiger partial charge in [0.1, 0.15) is 16.2 Å². The van der Waals surface area contributed by atoms with Crippen molar-refractivity contribution >= 4 is 57.7 Å². The third-order valence-electron chi connectivity index (χ3n) is 7.07. The van der Waals surface area contributed by atoms with Crippen molar-refractivity contribution in [2.24, 2.45) is 5.73 Å². The Morgan fingerprint density at radius 3 is 2.09 bits per heavy atom. The van der Waals surface area contributed by atoms with Crippen LogP contribution < -0.4 is 30.5 Å². The van der Waals surface area contributed by atoms with Gasteiger partial charge in [0.15, 0.2) is 0 Å². The minimum absolute atomic E-state index is 0.0348. The minimum Gasteiger partial charge on any atom is -0.497 e. The molecule has 1 aromatic heterocycles. The molecule has 0 spiro atoms. The van der Waals surface area contributed by atoms with E-state index < -0.39 is 33.2 Å². The van der Waals surface area contributed by atoms with E-state index in [1.807, 2.05) is 0 Å². The molecule has 0 aliphatic carbocycles. The predicted octanol–water partition coefficient (Wildman–Crippen LogP) is 2.84. The Hall–Kier alpha value is -6.09. The van der Waals surface area contributed by atoms with Gasteiger partial charge in [0.25, 0.3) is 22.8 Å². The summed E-state index contributed by atoms with van der Waals surface area (Å²) in [5.41, 5.74) is 6.44. The lowest BCUT2D eigenvalue weighted by atomic mass is 9.82. The van der Waals surface area contributed by atoms with Crippen molar-refractivity contribution in [1.82, 2.24) is 4.57 Å². The zero-order valence-corrected chi connectivity index (χ0v) is 25.1. The maximum Gasteiger partial charge on any atom is 0.338 e. The molecule has 234 valence electrons. The van der Waals surface area contributed by atoms with Crippen molar-refractivity contribution in [3.8, 4) is 5.75 Å². The van der Waals surface area contributed by atoms with E-state index in [9.17, 15) is 34.6 Å². The average molecular weight is 644 g/mol. The van der Waals surface area contributed by atoms with Crippen LogP contribution in [0.25, 0.3) is 17.5 Å². The maximum absolute atomic E-state index is 14.2. The first kappa shape index (κ1) is 31.3. The molecule has 1 aliphatic rings. The first-order chi connectivity index (χ1) is 22.0. The van der Waals surface area contributed by atoms with E-state index in [2.05, 4.69) is 5.32 Å². The third-order valence-corrected chi connectivity index (χ3v) is 8.18. The number of fused-ring (bicyclic) bond motifs is 1. The van der Waals surface area contributed by atoms with Gasteiger partial charge in [-0.15, -0.1) is 11.3 Å². The number of methoxy groups -OCH3 is 1. The van der Waals surface area contributed by atoms with Crippen molar-refractivity contribution in [2.75, 3.05) is 19.0 Å². The maximum atomic E-state index is 14.2. The van der Waals surface area contributed by atoms with E-state index in [4.69, 9.17) is 15.2 Å². The summed E-state index contributed by atoms with van der Waals surface area (Å²) in [4.78, 5) is 62.8. The number of nitro groups is 2. The number of nitrogens with two attached hydrogens (primary N) is 1. The molecule has 46 heavy (non-hydrogen) atoms. The zero-order valence-electron chi connectivity index (χ0n) is 24.3. The van der Waals surface area contributed by atoms with E-state index in [0.717, 1.165) is 15.9 Å². The second-order valence-corrected chi connectivity index (χ2v) is 10.8. The van der Waals surface area contributed by atoms with Gasteiger partial charge < -0.3 is 20.5 Å². The fourth-order valence-electron chi connectivity index (χ4n) is 4.92. The molecule has 2 heterocycles. The molecule has 5 rings (SSSR count). The number of nitrogens with one attached hydrogen (secondary N) is 1. The lowest BCUT2D eigenvalue weighted by Crippen LogP contribution is -2.42. The number of nitro benzene ring substituents is 2. The van der Waals surface area contributed by atoms with Gasteiger partial charge in [-0.3, -0.25) is 34.4 Å². The molecule has 3 aromatic carbocycles. The van der Waals surface area contributed by atoms with E-state index >= 15 is 0 Å². The molecule has 0 radical (unpaired) electrons. The highest BCUT2D eigenvalue weighted by atomic mass is 32.1. The highest BCUT2D eigenvalue weighted by Crippen LogP contribution is 2.38. The van der Waals surface area contributed by atoms with Gasteiger partial charge in [0.05, 0.1) is 45.2 Å². The first-order valence-electron chi connectivity index (χ1n) is 13.6. The van der Waals surface area contributed by atoms with Gasteiger partial charge in [-0.2, -0.15) is 0 Å². The lowest BCUT2D eigenvalue weighted by molar-refractivity contribution is -0.385. The summed E-state index contributed by atoms with van der Waals surface area (Å²) in [5, 5.41) is 25.3. The zero-order chi connectivity index (χ0) is 33.1. The highest BCUT2D eigenvalue weighted by molar-refractivity contribution is 7.07. The van der Waals surface area contributed by atoms with Gasteiger partial charge >= 0.3 is 5.97 Å². The van der Waals surface area contributed by atoms with E-state index in [-0.39, 0.29) is 44.1 Å². The fraction of sp³-hybridized carbons (Fsp3) is 0.129. The molecule has 15 heteroatoms. The molecular weight excluding hydrogens is 618 g/mol. The normalized spacial score (nSPS) is 14.4. The summed E-state index contributed by atoms with van der Waals surface area (Å²) in [6, 6.07) is 17.2. The van der Waals surface area contributed by atoms with Crippen LogP contribution in [-0.4, -0.2) is 40.0 Å². The van der Waals surface area contributed by atoms with Crippen LogP contribution in [0.3, 0.4) is 0 Å². The molecule has 0 fully saturated rings. The number of benzene rings is 3. The number of esters is 1. The molecule has 1 amide bonds. The molecule has 1 unspecified atom stereocenters. The van der Waals surface area contributed by atoms with Crippen LogP contribution in [0.1, 0.15) is 24.0 Å². The van der Waals surface area contributed by atoms with Crippen molar-refractivity contribution in [3.63, 3.8) is 0 Å². The van der Waals surface area contributed by atoms with Crippen LogP contribution in [0.2, 0.25) is 0 Å². The average Bonchev–Trinajstić information content (AvgIpc) is 3.36. The van der Waals surface area contributed by atoms with Crippen molar-refractivity contribution in [3.05, 3.63) is 129 Å². The van der Waals surface area contributed by atoms with Crippen LogP contribution in [0.15, 0.2) is 83.2 Å². The molecule has 3 N–H and O–H groups in total. The van der Waals surface area contributed by atoms with Gasteiger partial charge in [0.2, 0.25) is 0 Å². The van der Waals surface area contributed by atoms with E-state index in [1.165, 1.54) is 61.7 Å². The Morgan fingerprint density at radius 2 is 1.54 bits per heavy atom. The molecule has 14 nitrogen and oxygen atoms in total. The van der Waals surface area contributed by atoms with E-state index in [1.54, 1.807) is 31.2 Å². The molecule has 0 bridgehead atoms. The molecule has 1 atom stereocenters. The number of carbonyl (C=O) groups is 2. The number of nitrogens with zero attached hydrogens (tertiary/aromatic N) is 3. The number of rotatable bonds is 9. The Kier molecular flexibility index (Phi) is 8.77. The number of hydrogen-bond donors (Lipinski definition) is 2. The summed E-state index contributed by atoms with van der Waals surface area (Å²) in [6.45, 7) is 1.54.